The maximum Gasteiger partial charge on any atom is 0.124 e. The van der Waals surface area contributed by atoms with Gasteiger partial charge < -0.3 is 15.4 Å². The predicted octanol–water partition coefficient (Wildman–Crippen LogP) is 2.96. The topological polar surface area (TPSA) is 38.5 Å². The average Bonchev–Trinajstić information content (AvgIpc) is 2.46. The van der Waals surface area contributed by atoms with Gasteiger partial charge >= 0.3 is 0 Å². The lowest BCUT2D eigenvalue weighted by Gasteiger charge is -2.32. The first-order valence-electron chi connectivity index (χ1n) is 7.40. The van der Waals surface area contributed by atoms with Gasteiger partial charge in [-0.2, -0.15) is 0 Å². The molecule has 1 aliphatic rings. The summed E-state index contributed by atoms with van der Waals surface area (Å²) >= 11 is 0. The summed E-state index contributed by atoms with van der Waals surface area (Å²) in [5.41, 5.74) is 7.27. The fourth-order valence-corrected chi connectivity index (χ4v) is 2.68. The molecule has 19 heavy (non-hydrogen) atoms. The quantitative estimate of drug-likeness (QED) is 0.886. The van der Waals surface area contributed by atoms with Crippen LogP contribution in [0.25, 0.3) is 0 Å². The van der Waals surface area contributed by atoms with Gasteiger partial charge in [-0.25, -0.2) is 0 Å². The lowest BCUT2D eigenvalue weighted by atomic mass is 10.0. The van der Waals surface area contributed by atoms with Crippen LogP contribution in [0.1, 0.15) is 44.2 Å². The number of rotatable bonds is 5. The highest BCUT2D eigenvalue weighted by atomic mass is 16.5. The van der Waals surface area contributed by atoms with Gasteiger partial charge in [0.15, 0.2) is 0 Å². The first-order chi connectivity index (χ1) is 9.22. The minimum Gasteiger partial charge on any atom is -0.492 e. The molecule has 3 nitrogen and oxygen atoms in total. The van der Waals surface area contributed by atoms with Crippen molar-refractivity contribution in [1.29, 1.82) is 0 Å². The van der Waals surface area contributed by atoms with E-state index in [1.165, 1.54) is 25.8 Å². The van der Waals surface area contributed by atoms with Crippen LogP contribution in [0, 0.1) is 0 Å². The van der Waals surface area contributed by atoms with Gasteiger partial charge in [-0.05, 0) is 38.9 Å². The van der Waals surface area contributed by atoms with E-state index >= 15 is 0 Å². The summed E-state index contributed by atoms with van der Waals surface area (Å²) in [5, 5.41) is 0. The zero-order valence-corrected chi connectivity index (χ0v) is 12.1. The second kappa shape index (κ2) is 6.92. The lowest BCUT2D eigenvalue weighted by molar-refractivity contribution is 0.124. The Morgan fingerprint density at radius 3 is 2.89 bits per heavy atom. The summed E-state index contributed by atoms with van der Waals surface area (Å²) in [6.07, 6.45) is 4.79. The van der Waals surface area contributed by atoms with E-state index in [2.05, 4.69) is 24.9 Å². The van der Waals surface area contributed by atoms with E-state index in [4.69, 9.17) is 10.5 Å². The van der Waals surface area contributed by atoms with Gasteiger partial charge in [0.25, 0.3) is 0 Å². The number of hydrogen-bond donors (Lipinski definition) is 1. The predicted molar refractivity (Wildman–Crippen MR) is 79.4 cm³/mol. The summed E-state index contributed by atoms with van der Waals surface area (Å²) in [4.78, 5) is 2.41. The van der Waals surface area contributed by atoms with E-state index < -0.39 is 0 Å². The fraction of sp³-hybridized carbons (Fsp3) is 0.625. The van der Waals surface area contributed by atoms with Crippen molar-refractivity contribution in [1.82, 2.24) is 4.90 Å². The second-order valence-corrected chi connectivity index (χ2v) is 5.49. The minimum atomic E-state index is 0.0697. The molecular formula is C16H26N2O. The van der Waals surface area contributed by atoms with Crippen molar-refractivity contribution >= 4 is 0 Å². The van der Waals surface area contributed by atoms with Crippen LogP contribution in [0.15, 0.2) is 24.3 Å². The van der Waals surface area contributed by atoms with Crippen LogP contribution in [0.5, 0.6) is 5.75 Å². The number of ether oxygens (including phenoxy) is 1. The molecule has 1 saturated heterocycles. The summed E-state index contributed by atoms with van der Waals surface area (Å²) in [5.74, 6) is 0.954. The van der Waals surface area contributed by atoms with Crippen molar-refractivity contribution in [3.8, 4) is 5.75 Å². The van der Waals surface area contributed by atoms with Gasteiger partial charge in [0.05, 0.1) is 0 Å². The van der Waals surface area contributed by atoms with Crippen molar-refractivity contribution in [3.63, 3.8) is 0 Å². The molecule has 0 saturated carbocycles. The fourth-order valence-electron chi connectivity index (χ4n) is 2.68. The Labute approximate surface area is 116 Å². The zero-order valence-electron chi connectivity index (χ0n) is 12.1. The molecule has 0 aliphatic carbocycles. The summed E-state index contributed by atoms with van der Waals surface area (Å²) in [6.45, 7) is 4.06. The summed E-state index contributed by atoms with van der Waals surface area (Å²) in [7, 11) is 2.19. The smallest absolute Gasteiger partial charge is 0.124 e. The Balaban J connectivity index is 1.98. The van der Waals surface area contributed by atoms with Gasteiger partial charge in [-0.3, -0.25) is 0 Å². The van der Waals surface area contributed by atoms with Crippen LogP contribution >= 0.6 is 0 Å². The molecule has 2 atom stereocenters. The molecule has 1 aromatic rings. The lowest BCUT2D eigenvalue weighted by Crippen LogP contribution is -2.40. The van der Waals surface area contributed by atoms with Crippen LogP contribution < -0.4 is 10.5 Å². The number of nitrogens with zero attached hydrogens (tertiary/aromatic N) is 1. The molecule has 3 heteroatoms. The van der Waals surface area contributed by atoms with Gasteiger partial charge in [0.2, 0.25) is 0 Å². The zero-order chi connectivity index (χ0) is 13.7. The Hall–Kier alpha value is -1.06. The number of para-hydroxylation sites is 1. The molecule has 2 rings (SSSR count). The highest BCUT2D eigenvalue weighted by Crippen LogP contribution is 2.26. The third-order valence-corrected chi connectivity index (χ3v) is 4.11. The normalized spacial score (nSPS) is 22.2. The monoisotopic (exact) mass is 262 g/mol. The molecule has 2 N–H and O–H groups in total. The largest absolute Gasteiger partial charge is 0.492 e. The molecular weight excluding hydrogens is 236 g/mol. The van der Waals surface area contributed by atoms with Crippen LogP contribution in [0.2, 0.25) is 0 Å². The third kappa shape index (κ3) is 3.71. The Kier molecular flexibility index (Phi) is 5.23. The molecule has 0 amide bonds. The van der Waals surface area contributed by atoms with E-state index in [0.717, 1.165) is 24.3 Å². The van der Waals surface area contributed by atoms with Crippen molar-refractivity contribution in [2.24, 2.45) is 5.73 Å². The van der Waals surface area contributed by atoms with Gasteiger partial charge in [-0.15, -0.1) is 0 Å². The molecule has 1 fully saturated rings. The van der Waals surface area contributed by atoms with Crippen LogP contribution in [0.4, 0.5) is 0 Å². The molecule has 2 unspecified atom stereocenters. The number of piperidine rings is 1. The SMILES string of the molecule is CCC(N)c1ccccc1OCC1CCCCN1C. The number of likely N-dealkylation sites (tertiary alicyclic amines) is 1. The van der Waals surface area contributed by atoms with Crippen molar-refractivity contribution < 1.29 is 4.74 Å². The maximum atomic E-state index is 6.14. The first-order valence-corrected chi connectivity index (χ1v) is 7.40. The number of nitrogens with two attached hydrogens (primary N) is 1. The van der Waals surface area contributed by atoms with Crippen molar-refractivity contribution in [2.75, 3.05) is 20.2 Å². The molecule has 0 spiro atoms. The van der Waals surface area contributed by atoms with Gasteiger partial charge in [0.1, 0.15) is 12.4 Å². The maximum absolute atomic E-state index is 6.14. The summed E-state index contributed by atoms with van der Waals surface area (Å²) in [6, 6.07) is 8.78. The van der Waals surface area contributed by atoms with E-state index in [0.29, 0.717) is 6.04 Å². The molecule has 1 aromatic carbocycles. The van der Waals surface area contributed by atoms with Crippen LogP contribution in [0.3, 0.4) is 0 Å². The highest BCUT2D eigenvalue weighted by molar-refractivity contribution is 5.35. The van der Waals surface area contributed by atoms with Crippen molar-refractivity contribution in [3.05, 3.63) is 29.8 Å². The Bertz CT molecular complexity index is 394. The molecule has 1 heterocycles. The molecule has 1 aliphatic heterocycles. The Morgan fingerprint density at radius 1 is 1.37 bits per heavy atom. The standard InChI is InChI=1S/C16H26N2O/c1-3-15(17)14-9-4-5-10-16(14)19-12-13-8-6-7-11-18(13)2/h4-5,9-10,13,15H,3,6-8,11-12,17H2,1-2H3. The number of hydrogen-bond acceptors (Lipinski definition) is 3. The average molecular weight is 262 g/mol. The summed E-state index contributed by atoms with van der Waals surface area (Å²) < 4.78 is 6.05. The Morgan fingerprint density at radius 2 is 2.16 bits per heavy atom. The van der Waals surface area contributed by atoms with E-state index in [1.807, 2.05) is 18.2 Å². The van der Waals surface area contributed by atoms with Crippen LogP contribution in [-0.4, -0.2) is 31.1 Å². The minimum absolute atomic E-state index is 0.0697. The first kappa shape index (κ1) is 14.4. The number of likely N-dealkylation sites (N-methyl/N-ethyl adjacent to an activating group) is 1. The highest BCUT2D eigenvalue weighted by Gasteiger charge is 2.20. The van der Waals surface area contributed by atoms with E-state index in [1.54, 1.807) is 0 Å². The van der Waals surface area contributed by atoms with Gasteiger partial charge in [0, 0.05) is 17.6 Å². The van der Waals surface area contributed by atoms with Gasteiger partial charge in [-0.1, -0.05) is 31.5 Å². The van der Waals surface area contributed by atoms with E-state index in [-0.39, 0.29) is 6.04 Å². The second-order valence-electron chi connectivity index (χ2n) is 5.49. The van der Waals surface area contributed by atoms with Crippen molar-refractivity contribution in [2.45, 2.75) is 44.7 Å². The third-order valence-electron chi connectivity index (χ3n) is 4.11. The number of benzene rings is 1. The molecule has 0 radical (unpaired) electrons. The van der Waals surface area contributed by atoms with Crippen LogP contribution in [-0.2, 0) is 0 Å². The molecule has 0 aromatic heterocycles. The van der Waals surface area contributed by atoms with E-state index in [9.17, 15) is 0 Å². The molecule has 0 bridgehead atoms. The molecule has 106 valence electrons.